The highest BCUT2D eigenvalue weighted by atomic mass is 32.2. The van der Waals surface area contributed by atoms with Crippen LogP contribution in [0.25, 0.3) is 0 Å². The number of nitrogens with zero attached hydrogens (tertiary/aromatic N) is 1. The van der Waals surface area contributed by atoms with Gasteiger partial charge in [-0.1, -0.05) is 36.4 Å². The molecule has 0 unspecified atom stereocenters. The van der Waals surface area contributed by atoms with Gasteiger partial charge in [-0.05, 0) is 55.5 Å². The summed E-state index contributed by atoms with van der Waals surface area (Å²) in [5.41, 5.74) is 12.4. The molecule has 35 heavy (non-hydrogen) atoms. The summed E-state index contributed by atoms with van der Waals surface area (Å²) in [6, 6.07) is 21.6. The number of aromatic hydroxyl groups is 1. The van der Waals surface area contributed by atoms with Crippen molar-refractivity contribution in [3.8, 4) is 5.75 Å². The highest BCUT2D eigenvalue weighted by Crippen LogP contribution is 2.36. The van der Waals surface area contributed by atoms with E-state index in [2.05, 4.69) is 59.9 Å². The molecule has 0 amide bonds. The standard InChI is InChI=1S/C9H6O2.C8H9NS.C8H8O2.CH4N2S/c10-8-5-9(11)7-4-2-1-3-6(7)8;1-9-6-10-8-5-3-2-4-7(8)9;1-6(9)7-2-4-8(10)5-3-7;2-1(3)4/h1-4H,5H2;2-5H,6H2,1H3;2-5,10H,1H3;(H4,2,3,4). The Morgan fingerprint density at radius 1 is 0.914 bits per heavy atom. The molecule has 0 saturated heterocycles. The van der Waals surface area contributed by atoms with Crippen molar-refractivity contribution in [3.05, 3.63) is 89.5 Å². The number of carbonyl (C=O) groups excluding carboxylic acids is 3. The molecule has 5 rings (SSSR count). The molecule has 3 aromatic rings. The first kappa shape index (κ1) is 27.6. The molecule has 0 aromatic heterocycles. The van der Waals surface area contributed by atoms with Crippen LogP contribution >= 0.6 is 24.0 Å². The van der Waals surface area contributed by atoms with Crippen LogP contribution in [0.4, 0.5) is 5.69 Å². The smallest absolute Gasteiger partial charge is 0.171 e. The minimum atomic E-state index is -0.0504. The molecule has 182 valence electrons. The number of carbonyl (C=O) groups is 3. The Kier molecular flexibility index (Phi) is 10.4. The summed E-state index contributed by atoms with van der Waals surface area (Å²) >= 11 is 5.99. The van der Waals surface area contributed by atoms with Crippen LogP contribution in [-0.2, 0) is 0 Å². The van der Waals surface area contributed by atoms with Gasteiger partial charge in [-0.3, -0.25) is 14.4 Å². The molecule has 1 heterocycles. The zero-order valence-electron chi connectivity index (χ0n) is 19.4. The number of anilines is 1. The third-order valence-electron chi connectivity index (χ3n) is 4.81. The van der Waals surface area contributed by atoms with Crippen molar-refractivity contribution in [1.29, 1.82) is 0 Å². The number of rotatable bonds is 1. The van der Waals surface area contributed by atoms with Crippen molar-refractivity contribution >= 4 is 52.1 Å². The molecule has 1 aliphatic heterocycles. The number of benzene rings is 3. The van der Waals surface area contributed by atoms with E-state index >= 15 is 0 Å². The molecule has 0 fully saturated rings. The second-order valence-corrected chi connectivity index (χ2v) is 8.97. The van der Waals surface area contributed by atoms with E-state index in [-0.39, 0.29) is 34.6 Å². The van der Waals surface area contributed by atoms with Gasteiger partial charge >= 0.3 is 0 Å². The molecule has 1 aliphatic carbocycles. The van der Waals surface area contributed by atoms with E-state index in [9.17, 15) is 14.4 Å². The average molecular weight is 510 g/mol. The lowest BCUT2D eigenvalue weighted by atomic mass is 10.1. The van der Waals surface area contributed by atoms with E-state index in [1.54, 1.807) is 36.4 Å². The SMILES string of the molecule is CC(=O)c1ccc(O)cc1.CN1CSc2ccccc21.NC(N)=S.O=C1CC(=O)c2ccccc21. The van der Waals surface area contributed by atoms with Crippen LogP contribution in [0.3, 0.4) is 0 Å². The first-order valence-corrected chi connectivity index (χ1v) is 11.9. The summed E-state index contributed by atoms with van der Waals surface area (Å²) in [7, 11) is 2.12. The fourth-order valence-corrected chi connectivity index (χ4v) is 4.15. The number of nitrogens with two attached hydrogens (primary N) is 2. The largest absolute Gasteiger partial charge is 0.508 e. The third kappa shape index (κ3) is 8.55. The monoisotopic (exact) mass is 509 g/mol. The average Bonchev–Trinajstić information content (AvgIpc) is 3.34. The van der Waals surface area contributed by atoms with E-state index in [1.807, 2.05) is 11.8 Å². The number of phenolic OH excluding ortho intramolecular Hbond substituents is 1. The van der Waals surface area contributed by atoms with Gasteiger partial charge in [0.15, 0.2) is 22.5 Å². The third-order valence-corrected chi connectivity index (χ3v) is 5.99. The minimum Gasteiger partial charge on any atom is -0.508 e. The number of hydrogen-bond acceptors (Lipinski definition) is 7. The Morgan fingerprint density at radius 3 is 1.89 bits per heavy atom. The maximum absolute atomic E-state index is 11.1. The Morgan fingerprint density at radius 2 is 1.40 bits per heavy atom. The van der Waals surface area contributed by atoms with Crippen molar-refractivity contribution in [1.82, 2.24) is 0 Å². The number of phenols is 1. The lowest BCUT2D eigenvalue weighted by Gasteiger charge is -2.08. The number of hydrogen-bond donors (Lipinski definition) is 3. The molecule has 0 radical (unpaired) electrons. The Hall–Kier alpha value is -3.69. The van der Waals surface area contributed by atoms with E-state index in [0.717, 1.165) is 5.88 Å². The Bertz CT molecular complexity index is 1180. The van der Waals surface area contributed by atoms with Crippen LogP contribution in [0, 0.1) is 0 Å². The predicted molar refractivity (Wildman–Crippen MR) is 144 cm³/mol. The first-order valence-electron chi connectivity index (χ1n) is 10.5. The molecule has 5 N–H and O–H groups in total. The highest BCUT2D eigenvalue weighted by Gasteiger charge is 2.25. The molecule has 9 heteroatoms. The van der Waals surface area contributed by atoms with Gasteiger partial charge in [0.1, 0.15) is 5.75 Å². The van der Waals surface area contributed by atoms with Crippen molar-refractivity contribution < 1.29 is 19.5 Å². The zero-order valence-corrected chi connectivity index (χ0v) is 21.1. The van der Waals surface area contributed by atoms with Crippen molar-refractivity contribution in [2.75, 3.05) is 17.8 Å². The number of Topliss-reactive ketones (excluding diaryl/α,β-unsaturated/α-hetero) is 3. The number of thioether (sulfide) groups is 1. The molecule has 2 aliphatic rings. The molecule has 0 spiro atoms. The van der Waals surface area contributed by atoms with Crippen molar-refractivity contribution in [3.63, 3.8) is 0 Å². The molecular weight excluding hydrogens is 482 g/mol. The van der Waals surface area contributed by atoms with Crippen LogP contribution in [0.2, 0.25) is 0 Å². The van der Waals surface area contributed by atoms with Gasteiger partial charge in [0, 0.05) is 28.6 Å². The molecule has 0 bridgehead atoms. The summed E-state index contributed by atoms with van der Waals surface area (Å²) < 4.78 is 0. The molecule has 0 saturated carbocycles. The first-order chi connectivity index (χ1) is 16.6. The summed E-state index contributed by atoms with van der Waals surface area (Å²) in [4.78, 5) is 36.5. The van der Waals surface area contributed by atoms with Crippen LogP contribution in [0.1, 0.15) is 44.4 Å². The van der Waals surface area contributed by atoms with Crippen molar-refractivity contribution in [2.24, 2.45) is 11.5 Å². The number of thiocarbonyl (C=S) groups is 1. The zero-order chi connectivity index (χ0) is 26.0. The summed E-state index contributed by atoms with van der Waals surface area (Å²) in [5, 5.41) is 8.83. The van der Waals surface area contributed by atoms with Crippen LogP contribution < -0.4 is 16.4 Å². The maximum Gasteiger partial charge on any atom is 0.171 e. The molecular formula is C26H27N3O4S2. The fourth-order valence-electron chi connectivity index (χ4n) is 3.13. The van der Waals surface area contributed by atoms with Gasteiger partial charge in [0.25, 0.3) is 0 Å². The van der Waals surface area contributed by atoms with Gasteiger partial charge in [0.2, 0.25) is 0 Å². The predicted octanol–water partition coefficient (Wildman–Crippen LogP) is 4.43. The summed E-state index contributed by atoms with van der Waals surface area (Å²) in [5.74, 6) is 1.19. The van der Waals surface area contributed by atoms with E-state index in [0.29, 0.717) is 16.7 Å². The maximum atomic E-state index is 11.1. The second-order valence-electron chi connectivity index (χ2n) is 7.51. The van der Waals surface area contributed by atoms with Gasteiger partial charge in [0.05, 0.1) is 18.0 Å². The Balaban J connectivity index is 0.000000172. The highest BCUT2D eigenvalue weighted by molar-refractivity contribution is 7.99. The number of ketones is 3. The lowest BCUT2D eigenvalue weighted by Crippen LogP contribution is -2.18. The summed E-state index contributed by atoms with van der Waals surface area (Å²) in [6.45, 7) is 1.49. The van der Waals surface area contributed by atoms with Gasteiger partial charge in [-0.15, -0.1) is 11.8 Å². The van der Waals surface area contributed by atoms with Gasteiger partial charge in [-0.2, -0.15) is 0 Å². The summed E-state index contributed by atoms with van der Waals surface area (Å²) in [6.07, 6.45) is 0.0549. The molecule has 7 nitrogen and oxygen atoms in total. The number of para-hydroxylation sites is 1. The van der Waals surface area contributed by atoms with Gasteiger partial charge < -0.3 is 21.5 Å². The van der Waals surface area contributed by atoms with E-state index in [4.69, 9.17) is 5.11 Å². The normalized spacial score (nSPS) is 12.6. The quantitative estimate of drug-likeness (QED) is 0.248. The van der Waals surface area contributed by atoms with Crippen LogP contribution in [0.5, 0.6) is 5.75 Å². The topological polar surface area (TPSA) is 127 Å². The van der Waals surface area contributed by atoms with E-state index < -0.39 is 0 Å². The second kappa shape index (κ2) is 13.3. The lowest BCUT2D eigenvalue weighted by molar-refractivity contribution is 0.0921. The van der Waals surface area contributed by atoms with E-state index in [1.165, 1.54) is 29.6 Å². The van der Waals surface area contributed by atoms with Crippen molar-refractivity contribution in [2.45, 2.75) is 18.2 Å². The minimum absolute atomic E-state index is 0.000000000000000222. The Labute approximate surface area is 214 Å². The van der Waals surface area contributed by atoms with Crippen LogP contribution in [-0.4, -0.2) is 40.5 Å². The number of fused-ring (bicyclic) bond motifs is 2. The van der Waals surface area contributed by atoms with Crippen LogP contribution in [0.15, 0.2) is 77.7 Å². The fraction of sp³-hybridized carbons (Fsp3) is 0.154. The molecule has 3 aromatic carbocycles. The van der Waals surface area contributed by atoms with Gasteiger partial charge in [-0.25, -0.2) is 0 Å². The molecule has 0 atom stereocenters.